The number of anilines is 1. The molecule has 0 spiro atoms. The number of aryl methyl sites for hydroxylation is 1. The molecule has 8 heteroatoms. The molecule has 1 aliphatic heterocycles. The van der Waals surface area contributed by atoms with Crippen molar-refractivity contribution in [2.75, 3.05) is 51.1 Å². The lowest BCUT2D eigenvalue weighted by atomic mass is 9.87. The standard InChI is InChI=1S/C30H37F2N3O.2ClH/c1-23-4-14-28(15-5-23)33-21-29(36)22-35-19-17-34(18-20-35)16-2-3-30(24-6-10-26(31)11-7-24)25-8-12-27(32)13-9-25;;/h4-15,29-30,33,36H,2-3,16-22H2,1H3;2*1H. The normalized spacial score (nSPS) is 15.0. The number of hydrogen-bond acceptors (Lipinski definition) is 4. The van der Waals surface area contributed by atoms with Crippen molar-refractivity contribution < 1.29 is 13.9 Å². The average Bonchev–Trinajstić information content (AvgIpc) is 2.89. The summed E-state index contributed by atoms with van der Waals surface area (Å²) in [7, 11) is 0. The minimum atomic E-state index is -0.412. The number of halogens is 4. The van der Waals surface area contributed by atoms with Gasteiger partial charge in [0.05, 0.1) is 6.10 Å². The predicted octanol–water partition coefficient (Wildman–Crippen LogP) is 6.12. The Balaban J connectivity index is 0.00000253. The van der Waals surface area contributed by atoms with Crippen molar-refractivity contribution >= 4 is 30.5 Å². The van der Waals surface area contributed by atoms with Crippen LogP contribution in [-0.2, 0) is 0 Å². The minimum Gasteiger partial charge on any atom is -0.390 e. The maximum atomic E-state index is 13.5. The SMILES string of the molecule is Cc1ccc(NCC(O)CN2CCN(CCCC(c3ccc(F)cc3)c3ccc(F)cc3)CC2)cc1.Cl.Cl. The lowest BCUT2D eigenvalue weighted by molar-refractivity contribution is 0.0776. The molecule has 38 heavy (non-hydrogen) atoms. The number of rotatable bonds is 11. The van der Waals surface area contributed by atoms with Crippen LogP contribution in [0, 0.1) is 18.6 Å². The van der Waals surface area contributed by atoms with Crippen molar-refractivity contribution in [3.05, 3.63) is 101 Å². The Morgan fingerprint density at radius 3 is 1.79 bits per heavy atom. The van der Waals surface area contributed by atoms with Gasteiger partial charge in [0, 0.05) is 50.9 Å². The van der Waals surface area contributed by atoms with Gasteiger partial charge in [-0.1, -0.05) is 42.0 Å². The van der Waals surface area contributed by atoms with Crippen molar-refractivity contribution in [2.45, 2.75) is 31.8 Å². The van der Waals surface area contributed by atoms with Gasteiger partial charge in [-0.25, -0.2) is 8.78 Å². The van der Waals surface area contributed by atoms with Crippen molar-refractivity contribution in [3.63, 3.8) is 0 Å². The van der Waals surface area contributed by atoms with Gasteiger partial charge >= 0.3 is 0 Å². The minimum absolute atomic E-state index is 0. The van der Waals surface area contributed by atoms with Crippen molar-refractivity contribution in [3.8, 4) is 0 Å². The first-order valence-electron chi connectivity index (χ1n) is 12.9. The highest BCUT2D eigenvalue weighted by Crippen LogP contribution is 2.30. The van der Waals surface area contributed by atoms with Gasteiger partial charge in [0.25, 0.3) is 0 Å². The van der Waals surface area contributed by atoms with E-state index in [4.69, 9.17) is 0 Å². The Labute approximate surface area is 237 Å². The molecule has 3 aromatic rings. The van der Waals surface area contributed by atoms with Crippen molar-refractivity contribution in [1.82, 2.24) is 9.80 Å². The van der Waals surface area contributed by atoms with E-state index < -0.39 is 6.10 Å². The second-order valence-electron chi connectivity index (χ2n) is 9.84. The molecular formula is C30H39Cl2F2N3O. The van der Waals surface area contributed by atoms with Crippen LogP contribution in [0.4, 0.5) is 14.5 Å². The first-order valence-corrected chi connectivity index (χ1v) is 12.9. The van der Waals surface area contributed by atoms with E-state index in [0.29, 0.717) is 13.1 Å². The highest BCUT2D eigenvalue weighted by molar-refractivity contribution is 5.85. The van der Waals surface area contributed by atoms with Crippen LogP contribution in [0.5, 0.6) is 0 Å². The highest BCUT2D eigenvalue weighted by Gasteiger charge is 2.20. The summed E-state index contributed by atoms with van der Waals surface area (Å²) in [5.74, 6) is -0.375. The molecule has 0 radical (unpaired) electrons. The number of nitrogens with zero attached hydrogens (tertiary/aromatic N) is 2. The molecule has 1 aliphatic rings. The third-order valence-corrected chi connectivity index (χ3v) is 7.04. The summed E-state index contributed by atoms with van der Waals surface area (Å²) in [6.07, 6.45) is 1.51. The zero-order chi connectivity index (χ0) is 25.3. The maximum absolute atomic E-state index is 13.5. The maximum Gasteiger partial charge on any atom is 0.123 e. The lowest BCUT2D eigenvalue weighted by Gasteiger charge is -2.36. The van der Waals surface area contributed by atoms with Gasteiger partial charge in [0.2, 0.25) is 0 Å². The summed E-state index contributed by atoms with van der Waals surface area (Å²) in [5, 5.41) is 13.8. The number of piperazine rings is 1. The van der Waals surface area contributed by atoms with Gasteiger partial charge in [-0.05, 0) is 73.8 Å². The Bertz CT molecular complexity index is 1010. The fourth-order valence-electron chi connectivity index (χ4n) is 4.90. The zero-order valence-corrected chi connectivity index (χ0v) is 23.5. The molecule has 1 unspecified atom stereocenters. The summed E-state index contributed by atoms with van der Waals surface area (Å²) < 4.78 is 26.9. The summed E-state index contributed by atoms with van der Waals surface area (Å²) in [6.45, 7) is 8.12. The van der Waals surface area contributed by atoms with Crippen LogP contribution in [0.25, 0.3) is 0 Å². The molecule has 208 valence electrons. The summed E-state index contributed by atoms with van der Waals surface area (Å²) in [4.78, 5) is 4.80. The van der Waals surface area contributed by atoms with Crippen molar-refractivity contribution in [1.29, 1.82) is 0 Å². The van der Waals surface area contributed by atoms with Gasteiger partial charge in [0.15, 0.2) is 0 Å². The van der Waals surface area contributed by atoms with E-state index >= 15 is 0 Å². The molecule has 4 nitrogen and oxygen atoms in total. The van der Waals surface area contributed by atoms with Crippen LogP contribution >= 0.6 is 24.8 Å². The Morgan fingerprint density at radius 1 is 0.763 bits per heavy atom. The van der Waals surface area contributed by atoms with Gasteiger partial charge in [-0.15, -0.1) is 24.8 Å². The van der Waals surface area contributed by atoms with Gasteiger partial charge in [-0.3, -0.25) is 4.90 Å². The van der Waals surface area contributed by atoms with E-state index in [0.717, 1.165) is 62.4 Å². The van der Waals surface area contributed by atoms with E-state index in [9.17, 15) is 13.9 Å². The molecule has 4 rings (SSSR count). The van der Waals surface area contributed by atoms with E-state index in [1.54, 1.807) is 0 Å². The third-order valence-electron chi connectivity index (χ3n) is 7.04. The second kappa shape index (κ2) is 16.0. The summed E-state index contributed by atoms with van der Waals surface area (Å²) >= 11 is 0. The smallest absolute Gasteiger partial charge is 0.123 e. The molecule has 1 saturated heterocycles. The number of β-amino-alcohol motifs (C(OH)–C–C–N with tert-alkyl or cyclic N) is 1. The predicted molar refractivity (Wildman–Crippen MR) is 157 cm³/mol. The third kappa shape index (κ3) is 9.83. The number of aliphatic hydroxyl groups is 1. The molecule has 0 aliphatic carbocycles. The van der Waals surface area contributed by atoms with Crippen LogP contribution in [0.2, 0.25) is 0 Å². The van der Waals surface area contributed by atoms with Gasteiger partial charge in [-0.2, -0.15) is 0 Å². The molecule has 3 aromatic carbocycles. The Kier molecular flexibility index (Phi) is 13.5. The molecule has 1 fully saturated rings. The van der Waals surface area contributed by atoms with E-state index in [1.165, 1.54) is 29.8 Å². The monoisotopic (exact) mass is 565 g/mol. The molecule has 2 N–H and O–H groups in total. The topological polar surface area (TPSA) is 38.7 Å². The number of nitrogens with one attached hydrogen (secondary N) is 1. The quantitative estimate of drug-likeness (QED) is 0.294. The molecule has 0 aromatic heterocycles. The lowest BCUT2D eigenvalue weighted by Crippen LogP contribution is -2.49. The van der Waals surface area contributed by atoms with Crippen LogP contribution in [0.15, 0.2) is 72.8 Å². The van der Waals surface area contributed by atoms with E-state index in [-0.39, 0.29) is 42.4 Å². The number of aliphatic hydroxyl groups excluding tert-OH is 1. The van der Waals surface area contributed by atoms with Crippen LogP contribution < -0.4 is 5.32 Å². The second-order valence-corrected chi connectivity index (χ2v) is 9.84. The Hall–Kier alpha value is -2.22. The first-order chi connectivity index (χ1) is 17.5. The molecule has 1 atom stereocenters. The first kappa shape index (κ1) is 32.0. The molecule has 0 amide bonds. The van der Waals surface area contributed by atoms with Crippen LogP contribution in [-0.4, -0.2) is 66.8 Å². The molecule has 0 saturated carbocycles. The summed E-state index contributed by atoms with van der Waals surface area (Å²) in [6, 6.07) is 21.5. The molecule has 1 heterocycles. The van der Waals surface area contributed by atoms with Crippen LogP contribution in [0.3, 0.4) is 0 Å². The Morgan fingerprint density at radius 2 is 1.26 bits per heavy atom. The summed E-state index contributed by atoms with van der Waals surface area (Å²) in [5.41, 5.74) is 4.37. The van der Waals surface area contributed by atoms with Gasteiger partial charge < -0.3 is 15.3 Å². The highest BCUT2D eigenvalue weighted by atomic mass is 35.5. The number of benzene rings is 3. The zero-order valence-electron chi connectivity index (χ0n) is 21.9. The fraction of sp³-hybridized carbons (Fsp3) is 0.400. The molecular weight excluding hydrogens is 527 g/mol. The fourth-order valence-corrected chi connectivity index (χ4v) is 4.90. The van der Waals surface area contributed by atoms with Crippen molar-refractivity contribution in [2.24, 2.45) is 0 Å². The van der Waals surface area contributed by atoms with Crippen LogP contribution in [0.1, 0.15) is 35.4 Å². The van der Waals surface area contributed by atoms with E-state index in [2.05, 4.69) is 34.2 Å². The molecule has 0 bridgehead atoms. The van der Waals surface area contributed by atoms with Gasteiger partial charge in [0.1, 0.15) is 11.6 Å². The average molecular weight is 567 g/mol. The van der Waals surface area contributed by atoms with E-state index in [1.807, 2.05) is 36.4 Å². The largest absolute Gasteiger partial charge is 0.390 e. The number of hydrogen-bond donors (Lipinski definition) is 2.